The first-order chi connectivity index (χ1) is 8.51. The second kappa shape index (κ2) is 3.79. The Kier molecular flexibility index (Phi) is 2.46. The van der Waals surface area contributed by atoms with Crippen molar-refractivity contribution in [2.75, 3.05) is 0 Å². The molecule has 0 amide bonds. The van der Waals surface area contributed by atoms with E-state index in [1.165, 1.54) is 5.56 Å². The molecule has 18 heavy (non-hydrogen) atoms. The van der Waals surface area contributed by atoms with Gasteiger partial charge < -0.3 is 0 Å². The second-order valence-corrected chi connectivity index (χ2v) is 6.05. The summed E-state index contributed by atoms with van der Waals surface area (Å²) >= 11 is 3.32. The van der Waals surface area contributed by atoms with Crippen LogP contribution in [-0.2, 0) is 10.2 Å². The summed E-state index contributed by atoms with van der Waals surface area (Å²) in [5.41, 5.74) is 4.22. The Hall–Kier alpha value is -1.41. The van der Waals surface area contributed by atoms with E-state index in [0.717, 1.165) is 16.7 Å². The Balaban J connectivity index is 2.32. The fourth-order valence-corrected chi connectivity index (χ4v) is 3.10. The summed E-state index contributed by atoms with van der Waals surface area (Å²) in [6.45, 7) is 4.34. The number of halogens is 1. The van der Waals surface area contributed by atoms with E-state index in [0.29, 0.717) is 4.48 Å². The van der Waals surface area contributed by atoms with Crippen LogP contribution >= 0.6 is 15.9 Å². The van der Waals surface area contributed by atoms with E-state index < -0.39 is 0 Å². The zero-order valence-electron chi connectivity index (χ0n) is 10.3. The van der Waals surface area contributed by atoms with Crippen LogP contribution in [0.25, 0.3) is 6.08 Å². The molecule has 0 bridgehead atoms. The lowest BCUT2D eigenvalue weighted by atomic mass is 9.67. The van der Waals surface area contributed by atoms with Crippen LogP contribution < -0.4 is 0 Å². The fourth-order valence-electron chi connectivity index (χ4n) is 2.75. The van der Waals surface area contributed by atoms with Crippen LogP contribution in [0.3, 0.4) is 0 Å². The van der Waals surface area contributed by atoms with Crippen molar-refractivity contribution in [3.05, 3.63) is 63.2 Å². The number of allylic oxidation sites excluding steroid dienone is 5. The summed E-state index contributed by atoms with van der Waals surface area (Å²) < 4.78 is 0.632. The summed E-state index contributed by atoms with van der Waals surface area (Å²) in [5.74, 6) is 0.0788. The number of rotatable bonds is 0. The highest BCUT2D eigenvalue weighted by molar-refractivity contribution is 9.12. The minimum Gasteiger partial charge on any atom is -0.288 e. The van der Waals surface area contributed by atoms with Gasteiger partial charge in [-0.3, -0.25) is 4.79 Å². The van der Waals surface area contributed by atoms with Gasteiger partial charge in [0.05, 0.1) is 4.48 Å². The minimum absolute atomic E-state index is 0.0788. The van der Waals surface area contributed by atoms with Gasteiger partial charge in [-0.25, -0.2) is 0 Å². The molecule has 3 rings (SSSR count). The third kappa shape index (κ3) is 1.49. The molecule has 0 spiro atoms. The standard InChI is InChI=1S/C16H13BrO/c1-16(2)12-6-4-3-5-10(12)9-11-13(16)7-8-14(17)15(11)18/h3-9H,1-2H3. The van der Waals surface area contributed by atoms with E-state index in [9.17, 15) is 4.79 Å². The molecule has 0 atom stereocenters. The lowest BCUT2D eigenvalue weighted by molar-refractivity contribution is -0.111. The van der Waals surface area contributed by atoms with Gasteiger partial charge in [-0.15, -0.1) is 0 Å². The third-order valence-electron chi connectivity index (χ3n) is 3.76. The van der Waals surface area contributed by atoms with Crippen molar-refractivity contribution < 1.29 is 4.79 Å². The van der Waals surface area contributed by atoms with Crippen LogP contribution in [0.4, 0.5) is 0 Å². The molecule has 90 valence electrons. The minimum atomic E-state index is -0.124. The van der Waals surface area contributed by atoms with Crippen molar-refractivity contribution in [1.29, 1.82) is 0 Å². The van der Waals surface area contributed by atoms with E-state index in [1.54, 1.807) is 0 Å². The highest BCUT2D eigenvalue weighted by atomic mass is 79.9. The van der Waals surface area contributed by atoms with Crippen molar-refractivity contribution in [1.82, 2.24) is 0 Å². The van der Waals surface area contributed by atoms with Crippen molar-refractivity contribution in [3.63, 3.8) is 0 Å². The van der Waals surface area contributed by atoms with E-state index in [2.05, 4.69) is 48.0 Å². The number of carbonyl (C=O) groups is 1. The number of hydrogen-bond acceptors (Lipinski definition) is 1. The summed E-state index contributed by atoms with van der Waals surface area (Å²) in [7, 11) is 0. The van der Waals surface area contributed by atoms with Gasteiger partial charge in [0, 0.05) is 11.0 Å². The van der Waals surface area contributed by atoms with Crippen molar-refractivity contribution in [2.45, 2.75) is 19.3 Å². The molecule has 0 aliphatic heterocycles. The Labute approximate surface area is 115 Å². The largest absolute Gasteiger partial charge is 0.288 e. The van der Waals surface area contributed by atoms with E-state index >= 15 is 0 Å². The van der Waals surface area contributed by atoms with Gasteiger partial charge in [0.1, 0.15) is 0 Å². The molecule has 0 heterocycles. The van der Waals surface area contributed by atoms with E-state index in [1.807, 2.05) is 24.3 Å². The Morgan fingerprint density at radius 2 is 1.83 bits per heavy atom. The number of hydrogen-bond donors (Lipinski definition) is 0. The first-order valence-corrected chi connectivity index (χ1v) is 6.75. The summed E-state index contributed by atoms with van der Waals surface area (Å²) in [6, 6.07) is 8.27. The predicted octanol–water partition coefficient (Wildman–Crippen LogP) is 4.15. The first-order valence-electron chi connectivity index (χ1n) is 5.96. The molecule has 2 aliphatic carbocycles. The second-order valence-electron chi connectivity index (χ2n) is 5.19. The molecule has 0 aromatic heterocycles. The zero-order valence-corrected chi connectivity index (χ0v) is 11.9. The topological polar surface area (TPSA) is 17.1 Å². The molecule has 0 saturated heterocycles. The van der Waals surface area contributed by atoms with Crippen LogP contribution in [-0.4, -0.2) is 5.78 Å². The van der Waals surface area contributed by atoms with Gasteiger partial charge >= 0.3 is 0 Å². The molecule has 0 saturated carbocycles. The Morgan fingerprint density at radius 3 is 2.61 bits per heavy atom. The van der Waals surface area contributed by atoms with Crippen molar-refractivity contribution >= 4 is 27.8 Å². The Morgan fingerprint density at radius 1 is 1.11 bits per heavy atom. The first kappa shape index (κ1) is 11.7. The lowest BCUT2D eigenvalue weighted by Crippen LogP contribution is -2.29. The van der Waals surface area contributed by atoms with E-state index in [-0.39, 0.29) is 11.2 Å². The molecular formula is C16H13BrO. The van der Waals surface area contributed by atoms with Gasteiger partial charge in [-0.2, -0.15) is 0 Å². The van der Waals surface area contributed by atoms with Gasteiger partial charge in [0.15, 0.2) is 5.78 Å². The average Bonchev–Trinajstić information content (AvgIpc) is 2.34. The van der Waals surface area contributed by atoms with Gasteiger partial charge in [0.25, 0.3) is 0 Å². The molecule has 1 aromatic rings. The number of carbonyl (C=O) groups excluding carboxylic acids is 1. The lowest BCUT2D eigenvalue weighted by Gasteiger charge is -2.36. The third-order valence-corrected chi connectivity index (χ3v) is 4.38. The summed E-state index contributed by atoms with van der Waals surface area (Å²) in [5, 5.41) is 0. The number of Topliss-reactive ketones (excluding diaryl/α,β-unsaturated/α-hetero) is 1. The highest BCUT2D eigenvalue weighted by Gasteiger charge is 2.37. The van der Waals surface area contributed by atoms with E-state index in [4.69, 9.17) is 0 Å². The SMILES string of the molecule is CC1(C)C2=CC=C(Br)C(=O)C2=Cc2ccccc21. The van der Waals surface area contributed by atoms with Crippen LogP contribution in [0.1, 0.15) is 25.0 Å². The molecule has 1 aromatic carbocycles. The summed E-state index contributed by atoms with van der Waals surface area (Å²) in [4.78, 5) is 12.2. The molecule has 2 heteroatoms. The van der Waals surface area contributed by atoms with Gasteiger partial charge in [0.2, 0.25) is 0 Å². The monoisotopic (exact) mass is 300 g/mol. The maximum atomic E-state index is 12.2. The van der Waals surface area contributed by atoms with Gasteiger partial charge in [-0.05, 0) is 44.8 Å². The predicted molar refractivity (Wildman–Crippen MR) is 77.5 cm³/mol. The molecular weight excluding hydrogens is 288 g/mol. The van der Waals surface area contributed by atoms with Crippen LogP contribution in [0.2, 0.25) is 0 Å². The average molecular weight is 301 g/mol. The van der Waals surface area contributed by atoms with Crippen molar-refractivity contribution in [2.24, 2.45) is 0 Å². The van der Waals surface area contributed by atoms with Crippen LogP contribution in [0.5, 0.6) is 0 Å². The molecule has 1 nitrogen and oxygen atoms in total. The molecule has 0 N–H and O–H groups in total. The fraction of sp³-hybridized carbons (Fsp3) is 0.188. The van der Waals surface area contributed by atoms with Crippen molar-refractivity contribution in [3.8, 4) is 0 Å². The maximum Gasteiger partial charge on any atom is 0.200 e. The Bertz CT molecular complexity index is 645. The number of fused-ring (bicyclic) bond motifs is 2. The summed E-state index contributed by atoms with van der Waals surface area (Å²) in [6.07, 6.45) is 5.90. The van der Waals surface area contributed by atoms with Crippen LogP contribution in [0, 0.1) is 0 Å². The molecule has 0 fully saturated rings. The maximum absolute atomic E-state index is 12.2. The van der Waals surface area contributed by atoms with Crippen LogP contribution in [0.15, 0.2) is 52.0 Å². The normalized spacial score (nSPS) is 20.4. The molecule has 0 radical (unpaired) electrons. The highest BCUT2D eigenvalue weighted by Crippen LogP contribution is 2.45. The molecule has 0 unspecified atom stereocenters. The number of ketones is 1. The quantitative estimate of drug-likeness (QED) is 0.703. The smallest absolute Gasteiger partial charge is 0.200 e. The zero-order chi connectivity index (χ0) is 12.9. The van der Waals surface area contributed by atoms with Gasteiger partial charge in [-0.1, -0.05) is 44.2 Å². The molecule has 2 aliphatic rings. The number of benzene rings is 1.